The van der Waals surface area contributed by atoms with Gasteiger partial charge < -0.3 is 9.67 Å². The molecule has 0 aliphatic rings. The monoisotopic (exact) mass is 371 g/mol. The maximum Gasteiger partial charge on any atom is 0.354 e. The zero-order valence-electron chi connectivity index (χ0n) is 15.3. The van der Waals surface area contributed by atoms with Gasteiger partial charge in [0, 0.05) is 23.0 Å². The summed E-state index contributed by atoms with van der Waals surface area (Å²) in [4.78, 5) is 20.3. The molecule has 0 radical (unpaired) electrons. The van der Waals surface area contributed by atoms with Crippen LogP contribution in [0.4, 0.5) is 0 Å². The van der Waals surface area contributed by atoms with Gasteiger partial charge in [0.15, 0.2) is 5.69 Å². The van der Waals surface area contributed by atoms with Crippen LogP contribution < -0.4 is 0 Å². The second kappa shape index (κ2) is 8.63. The molecule has 2 aromatic heterocycles. The molecule has 6 heteroatoms. The van der Waals surface area contributed by atoms with Crippen LogP contribution >= 0.6 is 11.6 Å². The Kier molecular flexibility index (Phi) is 6.52. The van der Waals surface area contributed by atoms with Gasteiger partial charge in [-0.25, -0.2) is 9.78 Å². The first-order chi connectivity index (χ1) is 12.5. The Morgan fingerprint density at radius 1 is 1.23 bits per heavy atom. The Morgan fingerprint density at radius 2 is 1.96 bits per heavy atom. The number of aromatic carboxylic acids is 1. The smallest absolute Gasteiger partial charge is 0.354 e. The van der Waals surface area contributed by atoms with E-state index in [0.29, 0.717) is 23.1 Å². The molecule has 136 valence electrons. The maximum absolute atomic E-state index is 11.7. The van der Waals surface area contributed by atoms with Gasteiger partial charge >= 0.3 is 5.97 Å². The van der Waals surface area contributed by atoms with Gasteiger partial charge in [0.25, 0.3) is 0 Å². The number of aromatic nitrogens is 3. The SMILES string of the molecule is CC.Cc1ccc(Cl)c(Cn2c(-c3cccnc3)nc(C)c2C(=O)O)c1. The zero-order valence-corrected chi connectivity index (χ0v) is 16.1. The summed E-state index contributed by atoms with van der Waals surface area (Å²) >= 11 is 6.29. The summed E-state index contributed by atoms with van der Waals surface area (Å²) in [7, 11) is 0. The molecule has 5 nitrogen and oxygen atoms in total. The van der Waals surface area contributed by atoms with Crippen molar-refractivity contribution >= 4 is 17.6 Å². The molecular formula is C20H22ClN3O2. The Morgan fingerprint density at radius 3 is 2.58 bits per heavy atom. The lowest BCUT2D eigenvalue weighted by molar-refractivity contribution is 0.0685. The molecule has 0 unspecified atom stereocenters. The van der Waals surface area contributed by atoms with E-state index in [0.717, 1.165) is 16.7 Å². The number of aryl methyl sites for hydroxylation is 2. The molecular weight excluding hydrogens is 350 g/mol. The molecule has 1 N–H and O–H groups in total. The normalized spacial score (nSPS) is 10.2. The van der Waals surface area contributed by atoms with Crippen molar-refractivity contribution in [1.29, 1.82) is 0 Å². The van der Waals surface area contributed by atoms with Crippen molar-refractivity contribution in [2.75, 3.05) is 0 Å². The number of halogens is 1. The van der Waals surface area contributed by atoms with Crippen LogP contribution in [-0.4, -0.2) is 25.6 Å². The molecule has 0 spiro atoms. The second-order valence-electron chi connectivity index (χ2n) is 5.60. The predicted molar refractivity (Wildman–Crippen MR) is 104 cm³/mol. The molecule has 1 aromatic carbocycles. The van der Waals surface area contributed by atoms with Crippen LogP contribution in [-0.2, 0) is 6.54 Å². The number of hydrogen-bond donors (Lipinski definition) is 1. The van der Waals surface area contributed by atoms with Gasteiger partial charge in [-0.05, 0) is 37.6 Å². The molecule has 26 heavy (non-hydrogen) atoms. The van der Waals surface area contributed by atoms with E-state index in [1.165, 1.54) is 0 Å². The molecule has 2 heterocycles. The number of rotatable bonds is 4. The Hall–Kier alpha value is -2.66. The summed E-state index contributed by atoms with van der Waals surface area (Å²) in [6.07, 6.45) is 3.33. The molecule has 0 amide bonds. The Balaban J connectivity index is 0.00000117. The number of nitrogens with zero attached hydrogens (tertiary/aromatic N) is 3. The number of benzene rings is 1. The van der Waals surface area contributed by atoms with E-state index in [2.05, 4.69) is 9.97 Å². The van der Waals surface area contributed by atoms with Gasteiger partial charge in [0.1, 0.15) is 5.82 Å². The largest absolute Gasteiger partial charge is 0.477 e. The van der Waals surface area contributed by atoms with Crippen molar-refractivity contribution in [3.63, 3.8) is 0 Å². The first-order valence-corrected chi connectivity index (χ1v) is 8.81. The fourth-order valence-corrected chi connectivity index (χ4v) is 2.89. The number of carbonyl (C=O) groups is 1. The molecule has 0 atom stereocenters. The standard InChI is InChI=1S/C18H16ClN3O2.C2H6/c1-11-5-6-15(19)14(8-11)10-22-16(18(23)24)12(2)21-17(22)13-4-3-7-20-9-13;1-2/h3-9H,10H2,1-2H3,(H,23,24);1-2H3. The van der Waals surface area contributed by atoms with Crippen LogP contribution in [0.25, 0.3) is 11.4 Å². The highest BCUT2D eigenvalue weighted by molar-refractivity contribution is 6.31. The summed E-state index contributed by atoms with van der Waals surface area (Å²) in [5, 5.41) is 10.2. The van der Waals surface area contributed by atoms with Crippen molar-refractivity contribution < 1.29 is 9.90 Å². The third-order valence-corrected chi connectivity index (χ3v) is 4.16. The zero-order chi connectivity index (χ0) is 19.3. The number of pyridine rings is 1. The third-order valence-electron chi connectivity index (χ3n) is 3.79. The van der Waals surface area contributed by atoms with E-state index < -0.39 is 5.97 Å². The fourth-order valence-electron chi connectivity index (χ4n) is 2.71. The Bertz CT molecular complexity index is 905. The summed E-state index contributed by atoms with van der Waals surface area (Å²) in [6, 6.07) is 9.35. The predicted octanol–water partition coefficient (Wildman–Crippen LogP) is 4.99. The highest BCUT2D eigenvalue weighted by Crippen LogP contribution is 2.26. The van der Waals surface area contributed by atoms with E-state index in [1.54, 1.807) is 30.0 Å². The highest BCUT2D eigenvalue weighted by atomic mass is 35.5. The second-order valence-corrected chi connectivity index (χ2v) is 6.00. The first kappa shape index (κ1) is 19.7. The highest BCUT2D eigenvalue weighted by Gasteiger charge is 2.21. The van der Waals surface area contributed by atoms with E-state index in [4.69, 9.17) is 11.6 Å². The van der Waals surface area contributed by atoms with Gasteiger partial charge in [-0.1, -0.05) is 43.1 Å². The van der Waals surface area contributed by atoms with Crippen LogP contribution in [0.15, 0.2) is 42.7 Å². The van der Waals surface area contributed by atoms with Crippen LogP contribution in [0.3, 0.4) is 0 Å². The maximum atomic E-state index is 11.7. The third kappa shape index (κ3) is 4.11. The first-order valence-electron chi connectivity index (χ1n) is 8.43. The molecule has 3 rings (SSSR count). The molecule has 0 aliphatic carbocycles. The van der Waals surface area contributed by atoms with Crippen molar-refractivity contribution in [3.05, 3.63) is 70.3 Å². The molecule has 0 bridgehead atoms. The Labute approximate surface area is 158 Å². The number of imidazole rings is 1. The summed E-state index contributed by atoms with van der Waals surface area (Å²) in [6.45, 7) is 7.99. The summed E-state index contributed by atoms with van der Waals surface area (Å²) < 4.78 is 1.68. The quantitative estimate of drug-likeness (QED) is 0.701. The van der Waals surface area contributed by atoms with Crippen molar-refractivity contribution in [2.45, 2.75) is 34.2 Å². The average Bonchev–Trinajstić information content (AvgIpc) is 2.97. The minimum absolute atomic E-state index is 0.159. The summed E-state index contributed by atoms with van der Waals surface area (Å²) in [5.41, 5.74) is 3.29. The molecule has 0 saturated heterocycles. The average molecular weight is 372 g/mol. The van der Waals surface area contributed by atoms with Crippen molar-refractivity contribution in [1.82, 2.24) is 14.5 Å². The molecule has 0 saturated carbocycles. The summed E-state index contributed by atoms with van der Waals surface area (Å²) in [5.74, 6) is -0.450. The van der Waals surface area contributed by atoms with Crippen LogP contribution in [0.5, 0.6) is 0 Å². The number of carboxylic acid groups (broad SMARTS) is 1. The fraction of sp³-hybridized carbons (Fsp3) is 0.250. The van der Waals surface area contributed by atoms with E-state index in [1.807, 2.05) is 45.0 Å². The molecule has 3 aromatic rings. The van der Waals surface area contributed by atoms with Gasteiger partial charge in [-0.15, -0.1) is 0 Å². The van der Waals surface area contributed by atoms with Crippen LogP contribution in [0.2, 0.25) is 5.02 Å². The van der Waals surface area contributed by atoms with Gasteiger partial charge in [0.2, 0.25) is 0 Å². The lowest BCUT2D eigenvalue weighted by atomic mass is 10.1. The molecule has 0 fully saturated rings. The minimum Gasteiger partial charge on any atom is -0.477 e. The van der Waals surface area contributed by atoms with Crippen molar-refractivity contribution in [2.24, 2.45) is 0 Å². The van der Waals surface area contributed by atoms with Gasteiger partial charge in [-0.3, -0.25) is 4.98 Å². The van der Waals surface area contributed by atoms with Crippen molar-refractivity contribution in [3.8, 4) is 11.4 Å². The number of carboxylic acids is 1. The van der Waals surface area contributed by atoms with E-state index in [-0.39, 0.29) is 5.69 Å². The van der Waals surface area contributed by atoms with Crippen LogP contribution in [0, 0.1) is 13.8 Å². The lowest BCUT2D eigenvalue weighted by Crippen LogP contribution is -2.12. The topological polar surface area (TPSA) is 68.0 Å². The van der Waals surface area contributed by atoms with Gasteiger partial charge in [-0.2, -0.15) is 0 Å². The van der Waals surface area contributed by atoms with Gasteiger partial charge in [0.05, 0.1) is 12.2 Å². The minimum atomic E-state index is -1.01. The molecule has 0 aliphatic heterocycles. The number of hydrogen-bond acceptors (Lipinski definition) is 3. The lowest BCUT2D eigenvalue weighted by Gasteiger charge is -2.12. The van der Waals surface area contributed by atoms with E-state index >= 15 is 0 Å². The van der Waals surface area contributed by atoms with Crippen LogP contribution in [0.1, 0.15) is 41.2 Å². The van der Waals surface area contributed by atoms with E-state index in [9.17, 15) is 9.90 Å².